The highest BCUT2D eigenvalue weighted by atomic mass is 19.1. The lowest BCUT2D eigenvalue weighted by atomic mass is 9.93. The molecule has 1 fully saturated rings. The maximum Gasteiger partial charge on any atom is 0.260 e. The van der Waals surface area contributed by atoms with Crippen LogP contribution in [0.25, 0.3) is 0 Å². The van der Waals surface area contributed by atoms with E-state index < -0.39 is 5.60 Å². The lowest BCUT2D eigenvalue weighted by Crippen LogP contribution is -2.57. The van der Waals surface area contributed by atoms with Crippen molar-refractivity contribution in [3.05, 3.63) is 66.0 Å². The Labute approximate surface area is 152 Å². The van der Waals surface area contributed by atoms with Gasteiger partial charge in [-0.05, 0) is 29.8 Å². The average Bonchev–Trinajstić information content (AvgIpc) is 2.67. The highest BCUT2D eigenvalue weighted by Gasteiger charge is 2.38. The van der Waals surface area contributed by atoms with Gasteiger partial charge in [-0.1, -0.05) is 30.3 Å². The molecule has 0 radical (unpaired) electrons. The highest BCUT2D eigenvalue weighted by molar-refractivity contribution is 5.78. The van der Waals surface area contributed by atoms with E-state index in [9.17, 15) is 14.3 Å². The summed E-state index contributed by atoms with van der Waals surface area (Å²) in [5.41, 5.74) is -0.220. The van der Waals surface area contributed by atoms with Gasteiger partial charge in [0, 0.05) is 13.0 Å². The first-order valence-electron chi connectivity index (χ1n) is 8.55. The predicted molar refractivity (Wildman–Crippen MR) is 94.4 cm³/mol. The minimum absolute atomic E-state index is 0.0779. The normalized spacial score (nSPS) is 20.0. The summed E-state index contributed by atoms with van der Waals surface area (Å²) in [7, 11) is 0. The standard InChI is InChI=1S/C20H22FNO4/c21-17-6-4-5-16(11-17)12-20(15-23)14-22(9-10-26-20)19(24)13-25-18-7-2-1-3-8-18/h1-8,11,23H,9-10,12-15H2/t20-/m0/s1. The van der Waals surface area contributed by atoms with Crippen molar-refractivity contribution in [2.24, 2.45) is 0 Å². The quantitative estimate of drug-likeness (QED) is 0.858. The number of aliphatic hydroxyl groups is 1. The van der Waals surface area contributed by atoms with Crippen molar-refractivity contribution in [3.63, 3.8) is 0 Å². The minimum Gasteiger partial charge on any atom is -0.484 e. The van der Waals surface area contributed by atoms with E-state index in [2.05, 4.69) is 0 Å². The predicted octanol–water partition coefficient (Wildman–Crippen LogP) is 2.04. The van der Waals surface area contributed by atoms with Crippen molar-refractivity contribution in [1.29, 1.82) is 0 Å². The monoisotopic (exact) mass is 359 g/mol. The number of carbonyl (C=O) groups is 1. The Bertz CT molecular complexity index is 740. The number of benzene rings is 2. The van der Waals surface area contributed by atoms with Crippen LogP contribution in [-0.4, -0.2) is 54.4 Å². The number of para-hydroxylation sites is 1. The van der Waals surface area contributed by atoms with Gasteiger partial charge in [0.25, 0.3) is 5.91 Å². The van der Waals surface area contributed by atoms with Gasteiger partial charge >= 0.3 is 0 Å². The molecule has 1 heterocycles. The van der Waals surface area contributed by atoms with Crippen LogP contribution in [-0.2, 0) is 16.0 Å². The van der Waals surface area contributed by atoms with Crippen molar-refractivity contribution in [1.82, 2.24) is 4.90 Å². The molecule has 2 aromatic carbocycles. The summed E-state index contributed by atoms with van der Waals surface area (Å²) >= 11 is 0. The van der Waals surface area contributed by atoms with Crippen molar-refractivity contribution in [2.75, 3.05) is 32.9 Å². The first-order valence-corrected chi connectivity index (χ1v) is 8.55. The van der Waals surface area contributed by atoms with Crippen molar-refractivity contribution < 1.29 is 23.8 Å². The smallest absolute Gasteiger partial charge is 0.260 e. The maximum atomic E-state index is 13.4. The molecule has 1 aliphatic heterocycles. The molecule has 0 spiro atoms. The second-order valence-corrected chi connectivity index (χ2v) is 6.41. The van der Waals surface area contributed by atoms with Gasteiger partial charge in [-0.25, -0.2) is 4.39 Å². The van der Waals surface area contributed by atoms with Crippen LogP contribution in [0.2, 0.25) is 0 Å². The number of nitrogens with zero attached hydrogens (tertiary/aromatic N) is 1. The Morgan fingerprint density at radius 2 is 2.04 bits per heavy atom. The zero-order valence-electron chi connectivity index (χ0n) is 14.4. The summed E-state index contributed by atoms with van der Waals surface area (Å²) in [6.07, 6.45) is 0.324. The molecule has 1 atom stereocenters. The number of ether oxygens (including phenoxy) is 2. The lowest BCUT2D eigenvalue weighted by Gasteiger charge is -2.41. The minimum atomic E-state index is -0.936. The number of amides is 1. The second-order valence-electron chi connectivity index (χ2n) is 6.41. The van der Waals surface area contributed by atoms with Crippen LogP contribution in [0.5, 0.6) is 5.75 Å². The molecule has 0 saturated carbocycles. The maximum absolute atomic E-state index is 13.4. The Morgan fingerprint density at radius 1 is 1.23 bits per heavy atom. The third kappa shape index (κ3) is 4.59. The molecule has 1 aliphatic rings. The van der Waals surface area contributed by atoms with Gasteiger partial charge < -0.3 is 19.5 Å². The van der Waals surface area contributed by atoms with E-state index in [1.165, 1.54) is 12.1 Å². The Balaban J connectivity index is 1.63. The van der Waals surface area contributed by atoms with E-state index in [0.29, 0.717) is 30.9 Å². The first-order chi connectivity index (χ1) is 12.6. The van der Waals surface area contributed by atoms with Gasteiger partial charge in [-0.2, -0.15) is 0 Å². The second kappa shape index (κ2) is 8.29. The number of rotatable bonds is 6. The molecule has 6 heteroatoms. The van der Waals surface area contributed by atoms with E-state index in [1.54, 1.807) is 29.2 Å². The fourth-order valence-electron chi connectivity index (χ4n) is 3.09. The van der Waals surface area contributed by atoms with Gasteiger partial charge in [0.05, 0.1) is 19.8 Å². The number of aliphatic hydroxyl groups excluding tert-OH is 1. The van der Waals surface area contributed by atoms with Crippen LogP contribution in [0.3, 0.4) is 0 Å². The number of hydrogen-bond donors (Lipinski definition) is 1. The van der Waals surface area contributed by atoms with E-state index in [1.807, 2.05) is 18.2 Å². The first kappa shape index (κ1) is 18.4. The zero-order chi connectivity index (χ0) is 18.4. The molecule has 138 valence electrons. The molecule has 0 bridgehead atoms. The number of hydrogen-bond acceptors (Lipinski definition) is 4. The number of morpholine rings is 1. The molecule has 1 amide bonds. The molecule has 3 rings (SSSR count). The fourth-order valence-corrected chi connectivity index (χ4v) is 3.09. The average molecular weight is 359 g/mol. The van der Waals surface area contributed by atoms with Crippen molar-refractivity contribution >= 4 is 5.91 Å². The van der Waals surface area contributed by atoms with Gasteiger partial charge in [0.1, 0.15) is 17.2 Å². The lowest BCUT2D eigenvalue weighted by molar-refractivity contribution is -0.159. The Morgan fingerprint density at radius 3 is 2.77 bits per heavy atom. The summed E-state index contributed by atoms with van der Waals surface area (Å²) < 4.78 is 24.7. The van der Waals surface area contributed by atoms with Crippen molar-refractivity contribution in [3.8, 4) is 5.75 Å². The van der Waals surface area contributed by atoms with Crippen LogP contribution in [0.15, 0.2) is 54.6 Å². The van der Waals surface area contributed by atoms with Crippen LogP contribution in [0.1, 0.15) is 5.56 Å². The molecule has 1 N–H and O–H groups in total. The number of halogens is 1. The topological polar surface area (TPSA) is 59.0 Å². The van der Waals surface area contributed by atoms with Crippen LogP contribution in [0.4, 0.5) is 4.39 Å². The molecule has 0 aromatic heterocycles. The Hall–Kier alpha value is -2.44. The fraction of sp³-hybridized carbons (Fsp3) is 0.350. The Kier molecular flexibility index (Phi) is 5.85. The van der Waals surface area contributed by atoms with E-state index in [4.69, 9.17) is 9.47 Å². The summed E-state index contributed by atoms with van der Waals surface area (Å²) in [4.78, 5) is 14.1. The van der Waals surface area contributed by atoms with Gasteiger partial charge in [-0.15, -0.1) is 0 Å². The van der Waals surface area contributed by atoms with E-state index in [0.717, 1.165) is 0 Å². The zero-order valence-corrected chi connectivity index (χ0v) is 14.4. The molecule has 0 unspecified atom stereocenters. The molecule has 1 saturated heterocycles. The SMILES string of the molecule is O=C(COc1ccccc1)N1CCO[C@@](CO)(Cc2cccc(F)c2)C1. The molecule has 0 aliphatic carbocycles. The van der Waals surface area contributed by atoms with Gasteiger partial charge in [-0.3, -0.25) is 4.79 Å². The third-order valence-corrected chi connectivity index (χ3v) is 4.41. The van der Waals surface area contributed by atoms with Crippen LogP contribution in [0, 0.1) is 5.82 Å². The molecule has 5 nitrogen and oxygen atoms in total. The molecule has 26 heavy (non-hydrogen) atoms. The molecule has 2 aromatic rings. The molecular weight excluding hydrogens is 337 g/mol. The number of carbonyl (C=O) groups excluding carboxylic acids is 1. The van der Waals surface area contributed by atoms with Gasteiger partial charge in [0.2, 0.25) is 0 Å². The summed E-state index contributed by atoms with van der Waals surface area (Å²) in [5.74, 6) is 0.118. The van der Waals surface area contributed by atoms with Crippen molar-refractivity contribution in [2.45, 2.75) is 12.0 Å². The van der Waals surface area contributed by atoms with Crippen LogP contribution >= 0.6 is 0 Å². The van der Waals surface area contributed by atoms with E-state index >= 15 is 0 Å². The van der Waals surface area contributed by atoms with Crippen LogP contribution < -0.4 is 4.74 Å². The largest absolute Gasteiger partial charge is 0.484 e. The van der Waals surface area contributed by atoms with Gasteiger partial charge in [0.15, 0.2) is 6.61 Å². The third-order valence-electron chi connectivity index (χ3n) is 4.41. The molecular formula is C20H22FNO4. The highest BCUT2D eigenvalue weighted by Crippen LogP contribution is 2.24. The summed E-state index contributed by atoms with van der Waals surface area (Å²) in [6, 6.07) is 15.3. The van der Waals surface area contributed by atoms with E-state index in [-0.39, 0.29) is 31.5 Å². The summed E-state index contributed by atoms with van der Waals surface area (Å²) in [6.45, 7) is 0.643. The summed E-state index contributed by atoms with van der Waals surface area (Å²) in [5, 5.41) is 9.89.